The van der Waals surface area contributed by atoms with E-state index in [9.17, 15) is 15.0 Å². The number of nitrogens with one attached hydrogen (secondary N) is 2. The van der Waals surface area contributed by atoms with Gasteiger partial charge in [0, 0.05) is 13.1 Å². The maximum Gasteiger partial charge on any atom is 0.404 e. The number of nitrogens with zero attached hydrogens (tertiary/aromatic N) is 4. The van der Waals surface area contributed by atoms with E-state index in [1.165, 1.54) is 10.9 Å². The van der Waals surface area contributed by atoms with E-state index in [-0.39, 0.29) is 36.4 Å². The number of fused-ring (bicyclic) bond motifs is 1. The number of anilines is 2. The number of ether oxygens (including phenoxy) is 1. The summed E-state index contributed by atoms with van der Waals surface area (Å²) in [6, 6.07) is 0. The van der Waals surface area contributed by atoms with Gasteiger partial charge in [-0.2, -0.15) is 9.97 Å². The fourth-order valence-corrected chi connectivity index (χ4v) is 2.89. The molecular weight excluding hydrogens is 370 g/mol. The largest absolute Gasteiger partial charge is 0.465 e. The number of carbonyl (C=O) groups is 1. The van der Waals surface area contributed by atoms with Crippen LogP contribution < -0.4 is 16.4 Å². The Morgan fingerprint density at radius 3 is 2.77 bits per heavy atom. The average molecular weight is 388 g/mol. The minimum absolute atomic E-state index is 0.0157. The Hall–Kier alpha value is -2.41. The fraction of sp³-hybridized carbons (Fsp3) is 0.538. The van der Waals surface area contributed by atoms with Gasteiger partial charge < -0.3 is 36.4 Å². The van der Waals surface area contributed by atoms with E-state index in [4.69, 9.17) is 27.2 Å². The molecule has 4 atom stereocenters. The van der Waals surface area contributed by atoms with Gasteiger partial charge in [0.05, 0.1) is 12.2 Å². The third-order valence-corrected chi connectivity index (χ3v) is 4.20. The minimum Gasteiger partial charge on any atom is -0.465 e. The van der Waals surface area contributed by atoms with Crippen LogP contribution in [0.25, 0.3) is 11.2 Å². The summed E-state index contributed by atoms with van der Waals surface area (Å²) in [7, 11) is 0. The Bertz CT molecular complexity index is 803. The summed E-state index contributed by atoms with van der Waals surface area (Å²) >= 11 is 5.73. The van der Waals surface area contributed by atoms with Crippen molar-refractivity contribution in [2.45, 2.75) is 24.5 Å². The Morgan fingerprint density at radius 1 is 1.35 bits per heavy atom. The first-order valence-corrected chi connectivity index (χ1v) is 8.24. The van der Waals surface area contributed by atoms with Gasteiger partial charge in [0.25, 0.3) is 0 Å². The molecule has 2 aromatic rings. The number of halogens is 1. The summed E-state index contributed by atoms with van der Waals surface area (Å²) in [6.45, 7) is 0.380. The number of carboxylic acid groups (broad SMARTS) is 1. The number of aliphatic hydroxyl groups excluding tert-OH is 2. The molecule has 0 aromatic carbocycles. The Morgan fingerprint density at radius 2 is 2.12 bits per heavy atom. The van der Waals surface area contributed by atoms with Crippen molar-refractivity contribution in [1.82, 2.24) is 24.8 Å². The highest BCUT2D eigenvalue weighted by Gasteiger charge is 2.43. The van der Waals surface area contributed by atoms with E-state index < -0.39 is 30.6 Å². The highest BCUT2D eigenvalue weighted by molar-refractivity contribution is 6.18. The molecule has 2 aromatic heterocycles. The maximum absolute atomic E-state index is 10.4. The Labute approximate surface area is 152 Å². The number of hydrogen-bond donors (Lipinski definition) is 6. The van der Waals surface area contributed by atoms with Crippen LogP contribution in [0.5, 0.6) is 0 Å². The van der Waals surface area contributed by atoms with Crippen LogP contribution >= 0.6 is 11.6 Å². The van der Waals surface area contributed by atoms with Crippen molar-refractivity contribution in [3.8, 4) is 0 Å². The highest BCUT2D eigenvalue weighted by atomic mass is 35.5. The zero-order valence-electron chi connectivity index (χ0n) is 13.4. The average Bonchev–Trinajstić information content (AvgIpc) is 3.14. The SMILES string of the molecule is Nc1nc(NCCNC(=O)O)nc2c1ncn2[C@@H]1O[C@H](CCl)[C@@H](O)[C@@H]1O. The Balaban J connectivity index is 1.85. The van der Waals surface area contributed by atoms with Crippen LogP contribution in [-0.2, 0) is 4.74 Å². The van der Waals surface area contributed by atoms with Crippen molar-refractivity contribution in [1.29, 1.82) is 0 Å². The van der Waals surface area contributed by atoms with E-state index in [1.807, 2.05) is 0 Å². The van der Waals surface area contributed by atoms with Gasteiger partial charge in [-0.3, -0.25) is 4.57 Å². The summed E-state index contributed by atoms with van der Waals surface area (Å²) in [5, 5.41) is 33.8. The van der Waals surface area contributed by atoms with Gasteiger partial charge in [-0.15, -0.1) is 11.6 Å². The van der Waals surface area contributed by atoms with Gasteiger partial charge in [-0.05, 0) is 0 Å². The van der Waals surface area contributed by atoms with E-state index in [2.05, 4.69) is 25.6 Å². The Kier molecular flexibility index (Phi) is 5.27. The van der Waals surface area contributed by atoms with Crippen molar-refractivity contribution in [2.75, 3.05) is 30.0 Å². The topological polar surface area (TPSA) is 181 Å². The van der Waals surface area contributed by atoms with Crippen molar-refractivity contribution in [2.24, 2.45) is 0 Å². The molecule has 0 radical (unpaired) electrons. The van der Waals surface area contributed by atoms with E-state index in [0.29, 0.717) is 5.52 Å². The minimum atomic E-state index is -1.22. The normalized spacial score (nSPS) is 25.5. The molecule has 3 rings (SSSR count). The van der Waals surface area contributed by atoms with E-state index in [1.54, 1.807) is 0 Å². The number of aromatic nitrogens is 4. The first-order valence-electron chi connectivity index (χ1n) is 7.70. The van der Waals surface area contributed by atoms with E-state index >= 15 is 0 Å². The quantitative estimate of drug-likeness (QED) is 0.264. The number of nitrogens with two attached hydrogens (primary N) is 1. The number of nitrogen functional groups attached to an aromatic ring is 1. The van der Waals surface area contributed by atoms with Gasteiger partial charge in [0.2, 0.25) is 5.95 Å². The first-order chi connectivity index (χ1) is 12.4. The molecule has 142 valence electrons. The molecule has 0 saturated carbocycles. The summed E-state index contributed by atoms with van der Waals surface area (Å²) < 4.78 is 7.03. The standard InChI is InChI=1S/C13H18ClN7O5/c14-3-5-7(22)8(23)11(26-5)21-4-18-6-9(15)19-12(20-10(6)21)16-1-2-17-13(24)25/h4-5,7-8,11,17,22-23H,1-3H2,(H,24,25)(H3,15,16,19,20)/t5-,7-,8+,11-/m1/s1. The second kappa shape index (κ2) is 7.45. The van der Waals surface area contributed by atoms with Crippen LogP contribution in [-0.4, -0.2) is 78.2 Å². The van der Waals surface area contributed by atoms with Gasteiger partial charge in [-0.1, -0.05) is 0 Å². The second-order valence-corrected chi connectivity index (χ2v) is 5.92. The number of hydrogen-bond acceptors (Lipinski definition) is 9. The molecule has 1 fully saturated rings. The van der Waals surface area contributed by atoms with Crippen LogP contribution in [0.3, 0.4) is 0 Å². The molecular formula is C13H18ClN7O5. The zero-order valence-corrected chi connectivity index (χ0v) is 14.2. The van der Waals surface area contributed by atoms with Gasteiger partial charge >= 0.3 is 6.09 Å². The first kappa shape index (κ1) is 18.4. The number of aliphatic hydroxyl groups is 2. The third-order valence-electron chi connectivity index (χ3n) is 3.90. The molecule has 1 amide bonds. The number of imidazole rings is 1. The van der Waals surface area contributed by atoms with Gasteiger partial charge in [0.15, 0.2) is 17.7 Å². The molecule has 26 heavy (non-hydrogen) atoms. The predicted molar refractivity (Wildman–Crippen MR) is 90.9 cm³/mol. The zero-order chi connectivity index (χ0) is 18.8. The van der Waals surface area contributed by atoms with Crippen LogP contribution in [0.4, 0.5) is 16.6 Å². The lowest BCUT2D eigenvalue weighted by Crippen LogP contribution is -2.32. The third kappa shape index (κ3) is 3.44. The van der Waals surface area contributed by atoms with Gasteiger partial charge in [0.1, 0.15) is 23.8 Å². The molecule has 12 nitrogen and oxygen atoms in total. The van der Waals surface area contributed by atoms with Gasteiger partial charge in [-0.25, -0.2) is 9.78 Å². The lowest BCUT2D eigenvalue weighted by molar-refractivity contribution is -0.0291. The summed E-state index contributed by atoms with van der Waals surface area (Å²) in [5.74, 6) is 0.275. The maximum atomic E-state index is 10.4. The molecule has 7 N–H and O–H groups in total. The molecule has 1 saturated heterocycles. The molecule has 1 aliphatic heterocycles. The lowest BCUT2D eigenvalue weighted by Gasteiger charge is -2.16. The predicted octanol–water partition coefficient (Wildman–Crippen LogP) is -1.05. The summed E-state index contributed by atoms with van der Waals surface area (Å²) in [4.78, 5) is 22.9. The highest BCUT2D eigenvalue weighted by Crippen LogP contribution is 2.32. The van der Waals surface area contributed by atoms with Crippen LogP contribution in [0.2, 0.25) is 0 Å². The smallest absolute Gasteiger partial charge is 0.404 e. The molecule has 0 bridgehead atoms. The number of rotatable bonds is 6. The van der Waals surface area contributed by atoms with Crippen LogP contribution in [0.15, 0.2) is 6.33 Å². The molecule has 0 spiro atoms. The lowest BCUT2D eigenvalue weighted by atomic mass is 10.1. The van der Waals surface area contributed by atoms with Crippen molar-refractivity contribution >= 4 is 40.6 Å². The van der Waals surface area contributed by atoms with Crippen molar-refractivity contribution in [3.05, 3.63) is 6.33 Å². The summed E-state index contributed by atoms with van der Waals surface area (Å²) in [6.07, 6.45) is -3.79. The molecule has 1 aliphatic rings. The molecule has 3 heterocycles. The van der Waals surface area contributed by atoms with Crippen LogP contribution in [0, 0.1) is 0 Å². The molecule has 0 aliphatic carbocycles. The van der Waals surface area contributed by atoms with Crippen molar-refractivity contribution in [3.63, 3.8) is 0 Å². The van der Waals surface area contributed by atoms with Crippen LogP contribution in [0.1, 0.15) is 6.23 Å². The van der Waals surface area contributed by atoms with E-state index in [0.717, 1.165) is 0 Å². The summed E-state index contributed by atoms with van der Waals surface area (Å²) in [5.41, 5.74) is 6.48. The molecule has 0 unspecified atom stereocenters. The second-order valence-electron chi connectivity index (χ2n) is 5.62. The number of alkyl halides is 1. The fourth-order valence-electron chi connectivity index (χ4n) is 2.63. The number of amides is 1. The van der Waals surface area contributed by atoms with Crippen molar-refractivity contribution < 1.29 is 24.9 Å². The molecule has 13 heteroatoms. The monoisotopic (exact) mass is 387 g/mol.